The number of aryl methyl sites for hydroxylation is 1. The van der Waals surface area contributed by atoms with E-state index in [0.29, 0.717) is 18.8 Å². The second kappa shape index (κ2) is 7.24. The van der Waals surface area contributed by atoms with Gasteiger partial charge >= 0.3 is 0 Å². The highest BCUT2D eigenvalue weighted by Crippen LogP contribution is 2.14. The van der Waals surface area contributed by atoms with Crippen LogP contribution in [0.4, 0.5) is 0 Å². The number of rotatable bonds is 6. The van der Waals surface area contributed by atoms with Gasteiger partial charge in [-0.05, 0) is 31.0 Å². The van der Waals surface area contributed by atoms with Crippen LogP contribution in [-0.4, -0.2) is 22.3 Å². The van der Waals surface area contributed by atoms with Crippen LogP contribution in [0.15, 0.2) is 58.5 Å². The smallest absolute Gasteiger partial charge is 0.273 e. The van der Waals surface area contributed by atoms with Crippen LogP contribution in [0, 0.1) is 6.92 Å². The van der Waals surface area contributed by atoms with Crippen LogP contribution in [0.2, 0.25) is 0 Å². The molecule has 0 aliphatic rings. The van der Waals surface area contributed by atoms with Gasteiger partial charge in [-0.15, -0.1) is 11.3 Å². The number of hydrogen-bond donors (Lipinski definition) is 0. The van der Waals surface area contributed by atoms with E-state index in [1.54, 1.807) is 11.2 Å². The molecule has 0 atom stereocenters. The largest absolute Gasteiger partial charge is 0.467 e. The van der Waals surface area contributed by atoms with Crippen molar-refractivity contribution in [3.05, 3.63) is 76.1 Å². The zero-order valence-corrected chi connectivity index (χ0v) is 13.8. The lowest BCUT2D eigenvalue weighted by molar-refractivity contribution is 0.0728. The minimum Gasteiger partial charge on any atom is -0.467 e. The number of thiazole rings is 1. The van der Waals surface area contributed by atoms with E-state index in [9.17, 15) is 4.79 Å². The molecule has 0 unspecified atom stereocenters. The van der Waals surface area contributed by atoms with Gasteiger partial charge in [0.25, 0.3) is 5.91 Å². The molecule has 3 aromatic rings. The third-order valence-corrected chi connectivity index (χ3v) is 4.34. The maximum absolute atomic E-state index is 12.7. The van der Waals surface area contributed by atoms with Crippen LogP contribution < -0.4 is 0 Å². The van der Waals surface area contributed by atoms with Gasteiger partial charge in [0.2, 0.25) is 0 Å². The Bertz CT molecular complexity index is 750. The first-order valence-electron chi connectivity index (χ1n) is 7.50. The molecule has 3 rings (SSSR count). The molecule has 0 radical (unpaired) electrons. The maximum Gasteiger partial charge on any atom is 0.273 e. The Balaban J connectivity index is 1.74. The van der Waals surface area contributed by atoms with Crippen molar-refractivity contribution in [2.45, 2.75) is 19.9 Å². The molecule has 23 heavy (non-hydrogen) atoms. The molecule has 0 spiro atoms. The van der Waals surface area contributed by atoms with Crippen molar-refractivity contribution in [3.8, 4) is 0 Å². The lowest BCUT2D eigenvalue weighted by atomic mass is 10.1. The van der Waals surface area contributed by atoms with E-state index in [4.69, 9.17) is 4.42 Å². The quantitative estimate of drug-likeness (QED) is 0.689. The van der Waals surface area contributed by atoms with Gasteiger partial charge in [0.05, 0.1) is 17.8 Å². The predicted molar refractivity (Wildman–Crippen MR) is 90.4 cm³/mol. The minimum atomic E-state index is -0.0540. The average Bonchev–Trinajstić information content (AvgIpc) is 3.23. The molecular weight excluding hydrogens is 308 g/mol. The summed E-state index contributed by atoms with van der Waals surface area (Å²) in [5.74, 6) is 0.722. The average molecular weight is 326 g/mol. The molecule has 1 aromatic carbocycles. The second-order valence-electron chi connectivity index (χ2n) is 5.29. The van der Waals surface area contributed by atoms with Crippen LogP contribution in [0.3, 0.4) is 0 Å². The van der Waals surface area contributed by atoms with Crippen LogP contribution >= 0.6 is 11.3 Å². The van der Waals surface area contributed by atoms with Gasteiger partial charge in [0.15, 0.2) is 0 Å². The normalized spacial score (nSPS) is 10.7. The van der Waals surface area contributed by atoms with Crippen LogP contribution in [-0.2, 0) is 13.0 Å². The van der Waals surface area contributed by atoms with Crippen molar-refractivity contribution in [3.63, 3.8) is 0 Å². The maximum atomic E-state index is 12.7. The Morgan fingerprint density at radius 3 is 2.70 bits per heavy atom. The highest BCUT2D eigenvalue weighted by Gasteiger charge is 2.19. The van der Waals surface area contributed by atoms with E-state index in [2.05, 4.69) is 17.1 Å². The lowest BCUT2D eigenvalue weighted by Gasteiger charge is -2.21. The fourth-order valence-electron chi connectivity index (χ4n) is 2.38. The van der Waals surface area contributed by atoms with Gasteiger partial charge < -0.3 is 9.32 Å². The fourth-order valence-corrected chi connectivity index (χ4v) is 2.96. The molecule has 0 aliphatic carbocycles. The molecule has 0 bridgehead atoms. The molecule has 0 fully saturated rings. The molecule has 2 aromatic heterocycles. The van der Waals surface area contributed by atoms with E-state index in [0.717, 1.165) is 17.2 Å². The van der Waals surface area contributed by atoms with E-state index in [1.807, 2.05) is 42.6 Å². The van der Waals surface area contributed by atoms with E-state index in [-0.39, 0.29) is 5.91 Å². The Hall–Kier alpha value is -2.40. The Morgan fingerprint density at radius 1 is 1.22 bits per heavy atom. The lowest BCUT2D eigenvalue weighted by Crippen LogP contribution is -2.32. The molecule has 4 nitrogen and oxygen atoms in total. The number of benzene rings is 1. The monoisotopic (exact) mass is 326 g/mol. The van der Waals surface area contributed by atoms with Crippen molar-refractivity contribution in [1.29, 1.82) is 0 Å². The zero-order chi connectivity index (χ0) is 16.1. The van der Waals surface area contributed by atoms with E-state index in [1.165, 1.54) is 16.9 Å². The fraction of sp³-hybridized carbons (Fsp3) is 0.222. The molecule has 118 valence electrons. The predicted octanol–water partition coefficient (Wildman–Crippen LogP) is 3.93. The van der Waals surface area contributed by atoms with Crippen molar-refractivity contribution >= 4 is 17.2 Å². The van der Waals surface area contributed by atoms with Crippen molar-refractivity contribution in [2.24, 2.45) is 0 Å². The molecule has 0 N–H and O–H groups in total. The van der Waals surface area contributed by atoms with Crippen LogP contribution in [0.1, 0.15) is 26.8 Å². The highest BCUT2D eigenvalue weighted by atomic mass is 32.1. The summed E-state index contributed by atoms with van der Waals surface area (Å²) in [6, 6.07) is 13.9. The minimum absolute atomic E-state index is 0.0540. The molecule has 2 heterocycles. The molecule has 0 saturated carbocycles. The summed E-state index contributed by atoms with van der Waals surface area (Å²) in [4.78, 5) is 18.8. The number of aromatic nitrogens is 1. The molecular formula is C18H18N2O2S. The topological polar surface area (TPSA) is 46.3 Å². The summed E-state index contributed by atoms with van der Waals surface area (Å²) in [6.07, 6.45) is 2.43. The first-order valence-corrected chi connectivity index (χ1v) is 8.38. The van der Waals surface area contributed by atoms with E-state index >= 15 is 0 Å². The standard InChI is InChI=1S/C18H18N2O2S/c1-14-19-17(13-23-14)18(21)20(12-16-8-5-11-22-16)10-9-15-6-3-2-4-7-15/h2-8,11,13H,9-10,12H2,1H3. The van der Waals surface area contributed by atoms with Crippen LogP contribution in [0.5, 0.6) is 0 Å². The summed E-state index contributed by atoms with van der Waals surface area (Å²) < 4.78 is 5.40. The number of nitrogens with zero attached hydrogens (tertiary/aromatic N) is 2. The van der Waals surface area contributed by atoms with Crippen LogP contribution in [0.25, 0.3) is 0 Å². The summed E-state index contributed by atoms with van der Waals surface area (Å²) in [5.41, 5.74) is 1.71. The van der Waals surface area contributed by atoms with Gasteiger partial charge in [0, 0.05) is 11.9 Å². The third kappa shape index (κ3) is 4.07. The summed E-state index contributed by atoms with van der Waals surface area (Å²) in [6.45, 7) is 2.98. The van der Waals surface area contributed by atoms with Gasteiger partial charge in [-0.2, -0.15) is 0 Å². The second-order valence-corrected chi connectivity index (χ2v) is 6.36. The van der Waals surface area contributed by atoms with Crippen molar-refractivity contribution < 1.29 is 9.21 Å². The van der Waals surface area contributed by atoms with Gasteiger partial charge in [0.1, 0.15) is 11.5 Å². The molecule has 1 amide bonds. The SMILES string of the molecule is Cc1nc(C(=O)N(CCc2ccccc2)Cc2ccco2)cs1. The number of furan rings is 1. The number of amides is 1. The Morgan fingerprint density at radius 2 is 2.04 bits per heavy atom. The highest BCUT2D eigenvalue weighted by molar-refractivity contribution is 7.09. The van der Waals surface area contributed by atoms with Crippen molar-refractivity contribution in [2.75, 3.05) is 6.54 Å². The number of carbonyl (C=O) groups excluding carboxylic acids is 1. The Kier molecular flexibility index (Phi) is 4.88. The number of carbonyl (C=O) groups is 1. The van der Waals surface area contributed by atoms with Crippen molar-refractivity contribution in [1.82, 2.24) is 9.88 Å². The number of hydrogen-bond acceptors (Lipinski definition) is 4. The first kappa shape index (κ1) is 15.5. The van der Waals surface area contributed by atoms with Gasteiger partial charge in [-0.3, -0.25) is 4.79 Å². The van der Waals surface area contributed by atoms with Gasteiger partial charge in [-0.1, -0.05) is 30.3 Å². The Labute approximate surface area is 139 Å². The third-order valence-electron chi connectivity index (χ3n) is 3.57. The molecule has 0 aliphatic heterocycles. The van der Waals surface area contributed by atoms with E-state index < -0.39 is 0 Å². The molecule has 5 heteroatoms. The summed E-state index contributed by atoms with van der Waals surface area (Å²) in [5, 5.41) is 2.71. The summed E-state index contributed by atoms with van der Waals surface area (Å²) in [7, 11) is 0. The summed E-state index contributed by atoms with van der Waals surface area (Å²) >= 11 is 1.49. The molecule has 0 saturated heterocycles. The zero-order valence-electron chi connectivity index (χ0n) is 12.9. The first-order chi connectivity index (χ1) is 11.2. The van der Waals surface area contributed by atoms with Gasteiger partial charge in [-0.25, -0.2) is 4.98 Å².